The van der Waals surface area contributed by atoms with E-state index in [1.165, 1.54) is 10.4 Å². The number of nitrogens with zero attached hydrogens (tertiary/aromatic N) is 2. The Morgan fingerprint density at radius 2 is 1.68 bits per heavy atom. The number of aryl methyl sites for hydroxylation is 1. The fourth-order valence-corrected chi connectivity index (χ4v) is 3.96. The molecule has 5 heteroatoms. The van der Waals surface area contributed by atoms with Gasteiger partial charge < -0.3 is 9.80 Å². The molecule has 4 nitrogen and oxygen atoms in total. The summed E-state index contributed by atoms with van der Waals surface area (Å²) >= 11 is 1.67. The van der Waals surface area contributed by atoms with Crippen molar-refractivity contribution in [1.82, 2.24) is 9.80 Å². The fourth-order valence-electron chi connectivity index (χ4n) is 3.04. The van der Waals surface area contributed by atoms with Crippen molar-refractivity contribution in [2.75, 3.05) is 13.1 Å². The van der Waals surface area contributed by atoms with Gasteiger partial charge in [-0.05, 0) is 35.9 Å². The van der Waals surface area contributed by atoms with Crippen LogP contribution < -0.4 is 0 Å². The number of rotatable bonds is 8. The maximum atomic E-state index is 13.2. The predicted molar refractivity (Wildman–Crippen MR) is 116 cm³/mol. The Labute approximate surface area is 173 Å². The van der Waals surface area contributed by atoms with E-state index in [9.17, 15) is 9.59 Å². The first-order chi connectivity index (χ1) is 13.2. The van der Waals surface area contributed by atoms with Crippen molar-refractivity contribution >= 4 is 23.2 Å². The number of benzene rings is 1. The lowest BCUT2D eigenvalue weighted by atomic mass is 9.94. The van der Waals surface area contributed by atoms with Crippen LogP contribution in [0.1, 0.15) is 50.1 Å². The highest BCUT2D eigenvalue weighted by molar-refractivity contribution is 7.10. The smallest absolute Gasteiger partial charge is 0.242 e. The first-order valence-corrected chi connectivity index (χ1v) is 10.7. The second-order valence-electron chi connectivity index (χ2n) is 8.24. The van der Waals surface area contributed by atoms with Gasteiger partial charge in [0.2, 0.25) is 11.8 Å². The van der Waals surface area contributed by atoms with Gasteiger partial charge in [-0.1, -0.05) is 58.0 Å². The van der Waals surface area contributed by atoms with Crippen LogP contribution in [-0.4, -0.2) is 34.7 Å². The average Bonchev–Trinajstić information content (AvgIpc) is 3.05. The number of amides is 2. The van der Waals surface area contributed by atoms with E-state index < -0.39 is 5.41 Å². The SMILES string of the molecule is CCCN(CC(=O)N(Cc1ccccc1)Cc1sccc1C)C(=O)C(C)(C)C. The van der Waals surface area contributed by atoms with Gasteiger partial charge in [0.25, 0.3) is 0 Å². The van der Waals surface area contributed by atoms with Gasteiger partial charge in [0.05, 0.1) is 13.1 Å². The molecule has 2 aromatic rings. The molecule has 1 aromatic heterocycles. The maximum absolute atomic E-state index is 13.2. The summed E-state index contributed by atoms with van der Waals surface area (Å²) in [5.74, 6) is 0.0115. The van der Waals surface area contributed by atoms with Gasteiger partial charge in [-0.2, -0.15) is 0 Å². The van der Waals surface area contributed by atoms with E-state index in [0.29, 0.717) is 19.6 Å². The summed E-state index contributed by atoms with van der Waals surface area (Å²) in [5.41, 5.74) is 1.80. The van der Waals surface area contributed by atoms with E-state index in [2.05, 4.69) is 18.4 Å². The zero-order chi connectivity index (χ0) is 20.7. The lowest BCUT2D eigenvalue weighted by Crippen LogP contribution is -2.46. The molecule has 0 unspecified atom stereocenters. The zero-order valence-electron chi connectivity index (χ0n) is 17.7. The van der Waals surface area contributed by atoms with Gasteiger partial charge in [0.1, 0.15) is 0 Å². The molecule has 0 saturated carbocycles. The van der Waals surface area contributed by atoms with Gasteiger partial charge in [-0.25, -0.2) is 0 Å². The largest absolute Gasteiger partial charge is 0.333 e. The van der Waals surface area contributed by atoms with Crippen LogP contribution in [-0.2, 0) is 22.7 Å². The van der Waals surface area contributed by atoms with Gasteiger partial charge in [-0.15, -0.1) is 11.3 Å². The number of carbonyl (C=O) groups excluding carboxylic acids is 2. The third kappa shape index (κ3) is 6.20. The molecule has 28 heavy (non-hydrogen) atoms. The van der Waals surface area contributed by atoms with Gasteiger partial charge in [0.15, 0.2) is 0 Å². The van der Waals surface area contributed by atoms with Gasteiger partial charge >= 0.3 is 0 Å². The molecule has 0 bridgehead atoms. The Bertz CT molecular complexity index is 777. The molecule has 0 spiro atoms. The molecule has 0 atom stereocenters. The van der Waals surface area contributed by atoms with E-state index in [-0.39, 0.29) is 18.4 Å². The Morgan fingerprint density at radius 3 is 2.21 bits per heavy atom. The Hall–Kier alpha value is -2.14. The van der Waals surface area contributed by atoms with Crippen LogP contribution in [0.3, 0.4) is 0 Å². The average molecular weight is 401 g/mol. The fraction of sp³-hybridized carbons (Fsp3) is 0.478. The third-order valence-electron chi connectivity index (χ3n) is 4.62. The Balaban J connectivity index is 2.21. The molecule has 0 N–H and O–H groups in total. The van der Waals surface area contributed by atoms with Gasteiger partial charge in [0, 0.05) is 23.4 Å². The van der Waals surface area contributed by atoms with E-state index in [1.807, 2.05) is 62.9 Å². The molecule has 0 aliphatic carbocycles. The standard InChI is InChI=1S/C23H32N2O2S/c1-6-13-24(22(27)23(3,4)5)17-21(26)25(15-19-10-8-7-9-11-19)16-20-18(2)12-14-28-20/h7-12,14H,6,13,15-17H2,1-5H3. The van der Waals surface area contributed by atoms with E-state index in [1.54, 1.807) is 16.2 Å². The molecule has 1 aromatic carbocycles. The Morgan fingerprint density at radius 1 is 1.00 bits per heavy atom. The first kappa shape index (κ1) is 22.2. The van der Waals surface area contributed by atoms with Crippen molar-refractivity contribution in [2.45, 2.75) is 54.1 Å². The summed E-state index contributed by atoms with van der Waals surface area (Å²) in [4.78, 5) is 30.8. The molecule has 0 aliphatic rings. The molecule has 2 amide bonds. The Kier molecular flexibility index (Phi) is 7.81. The number of carbonyl (C=O) groups is 2. The van der Waals surface area contributed by atoms with Crippen molar-refractivity contribution in [3.05, 3.63) is 57.8 Å². The van der Waals surface area contributed by atoms with E-state index >= 15 is 0 Å². The summed E-state index contributed by atoms with van der Waals surface area (Å²) in [6, 6.07) is 12.1. The minimum atomic E-state index is -0.496. The van der Waals surface area contributed by atoms with Crippen LogP contribution in [0, 0.1) is 12.3 Å². The molecule has 0 radical (unpaired) electrons. The minimum Gasteiger partial charge on any atom is -0.333 e. The summed E-state index contributed by atoms with van der Waals surface area (Å²) < 4.78 is 0. The highest BCUT2D eigenvalue weighted by atomic mass is 32.1. The predicted octanol–water partition coefficient (Wildman–Crippen LogP) is 4.87. The minimum absolute atomic E-state index is 0.0114. The molecule has 2 rings (SSSR count). The van der Waals surface area contributed by atoms with Crippen molar-refractivity contribution in [3.63, 3.8) is 0 Å². The lowest BCUT2D eigenvalue weighted by molar-refractivity contribution is -0.146. The number of thiophene rings is 1. The first-order valence-electron chi connectivity index (χ1n) is 9.86. The van der Waals surface area contributed by atoms with Crippen LogP contribution in [0.2, 0.25) is 0 Å². The molecule has 0 aliphatic heterocycles. The topological polar surface area (TPSA) is 40.6 Å². The highest BCUT2D eigenvalue weighted by Gasteiger charge is 2.29. The van der Waals surface area contributed by atoms with Crippen LogP contribution in [0.15, 0.2) is 41.8 Å². The summed E-state index contributed by atoms with van der Waals surface area (Å²) in [6.07, 6.45) is 0.831. The van der Waals surface area contributed by atoms with Crippen LogP contribution in [0.4, 0.5) is 0 Å². The van der Waals surface area contributed by atoms with Crippen molar-refractivity contribution < 1.29 is 9.59 Å². The normalized spacial score (nSPS) is 11.3. The van der Waals surface area contributed by atoms with Gasteiger partial charge in [-0.3, -0.25) is 9.59 Å². The second kappa shape index (κ2) is 9.87. The lowest BCUT2D eigenvalue weighted by Gasteiger charge is -2.31. The van der Waals surface area contributed by atoms with E-state index in [4.69, 9.17) is 0 Å². The molecule has 152 valence electrons. The molecule has 1 heterocycles. The maximum Gasteiger partial charge on any atom is 0.242 e. The molecular formula is C23H32N2O2S. The zero-order valence-corrected chi connectivity index (χ0v) is 18.5. The van der Waals surface area contributed by atoms with Crippen molar-refractivity contribution in [2.24, 2.45) is 5.41 Å². The molecule has 0 saturated heterocycles. The monoisotopic (exact) mass is 400 g/mol. The van der Waals surface area contributed by atoms with Crippen LogP contribution in [0.5, 0.6) is 0 Å². The number of hydrogen-bond donors (Lipinski definition) is 0. The molecule has 0 fully saturated rings. The molecular weight excluding hydrogens is 368 g/mol. The quantitative estimate of drug-likeness (QED) is 0.634. The highest BCUT2D eigenvalue weighted by Crippen LogP contribution is 2.21. The summed E-state index contributed by atoms with van der Waals surface area (Å²) in [5, 5.41) is 2.06. The summed E-state index contributed by atoms with van der Waals surface area (Å²) in [6.45, 7) is 11.6. The second-order valence-corrected chi connectivity index (χ2v) is 9.24. The van der Waals surface area contributed by atoms with Crippen LogP contribution in [0.25, 0.3) is 0 Å². The summed E-state index contributed by atoms with van der Waals surface area (Å²) in [7, 11) is 0. The van der Waals surface area contributed by atoms with E-state index in [0.717, 1.165) is 12.0 Å². The third-order valence-corrected chi connectivity index (χ3v) is 5.63. The van der Waals surface area contributed by atoms with Crippen LogP contribution >= 0.6 is 11.3 Å². The number of hydrogen-bond acceptors (Lipinski definition) is 3. The van der Waals surface area contributed by atoms with Crippen molar-refractivity contribution in [3.8, 4) is 0 Å². The van der Waals surface area contributed by atoms with Crippen molar-refractivity contribution in [1.29, 1.82) is 0 Å².